The van der Waals surface area contributed by atoms with E-state index in [-0.39, 0.29) is 19.0 Å². The van der Waals surface area contributed by atoms with Gasteiger partial charge >= 0.3 is 12.0 Å². The number of amides is 3. The van der Waals surface area contributed by atoms with Crippen LogP contribution in [0.5, 0.6) is 0 Å². The van der Waals surface area contributed by atoms with Crippen LogP contribution in [0, 0.1) is 0 Å². The molecule has 0 radical (unpaired) electrons. The van der Waals surface area contributed by atoms with E-state index in [9.17, 15) is 14.4 Å². The number of tetrazole rings is 1. The molecule has 10 nitrogen and oxygen atoms in total. The Morgan fingerprint density at radius 1 is 1.29 bits per heavy atom. The number of aromatic nitrogens is 4. The Labute approximate surface area is 121 Å². The van der Waals surface area contributed by atoms with Gasteiger partial charge in [-0.15, -0.1) is 5.10 Å². The standard InChI is InChI=1S/C11H18N6O4/c1-3-5-6-12-11(20)13-8(18)7-17-9(14-15-16-17)10(19)21-4-2/h3-7H2,1-2H3,(H2,12,13,18,20). The molecule has 0 bridgehead atoms. The van der Waals surface area contributed by atoms with Crippen LogP contribution >= 0.6 is 0 Å². The number of unbranched alkanes of at least 4 members (excludes halogenated alkanes) is 1. The van der Waals surface area contributed by atoms with Crippen molar-refractivity contribution in [3.05, 3.63) is 5.82 Å². The van der Waals surface area contributed by atoms with Crippen LogP contribution in [0.1, 0.15) is 37.3 Å². The maximum absolute atomic E-state index is 11.6. The van der Waals surface area contributed by atoms with Crippen LogP contribution < -0.4 is 10.6 Å². The molecule has 0 aliphatic carbocycles. The van der Waals surface area contributed by atoms with Gasteiger partial charge in [0.05, 0.1) is 6.61 Å². The van der Waals surface area contributed by atoms with Gasteiger partial charge < -0.3 is 10.1 Å². The molecular weight excluding hydrogens is 280 g/mol. The zero-order valence-electron chi connectivity index (χ0n) is 12.0. The first-order chi connectivity index (χ1) is 10.1. The Hall–Kier alpha value is -2.52. The minimum absolute atomic E-state index is 0.164. The van der Waals surface area contributed by atoms with E-state index in [4.69, 9.17) is 4.74 Å². The second-order valence-corrected chi connectivity index (χ2v) is 4.04. The number of imide groups is 1. The number of hydrogen-bond donors (Lipinski definition) is 2. The van der Waals surface area contributed by atoms with Gasteiger partial charge in [-0.05, 0) is 23.8 Å². The largest absolute Gasteiger partial charge is 0.460 e. The number of urea groups is 1. The molecule has 10 heteroatoms. The summed E-state index contributed by atoms with van der Waals surface area (Å²) < 4.78 is 5.71. The number of rotatable bonds is 7. The summed E-state index contributed by atoms with van der Waals surface area (Å²) in [4.78, 5) is 34.5. The van der Waals surface area contributed by atoms with Gasteiger partial charge in [0.1, 0.15) is 6.54 Å². The molecule has 116 valence electrons. The van der Waals surface area contributed by atoms with Crippen molar-refractivity contribution in [1.82, 2.24) is 30.8 Å². The van der Waals surface area contributed by atoms with Crippen LogP contribution in [0.3, 0.4) is 0 Å². The summed E-state index contributed by atoms with van der Waals surface area (Å²) in [5.74, 6) is -1.57. The Morgan fingerprint density at radius 2 is 2.05 bits per heavy atom. The van der Waals surface area contributed by atoms with Gasteiger partial charge in [-0.3, -0.25) is 10.1 Å². The fourth-order valence-electron chi connectivity index (χ4n) is 1.38. The average molecular weight is 298 g/mol. The topological polar surface area (TPSA) is 128 Å². The molecule has 0 aliphatic heterocycles. The fraction of sp³-hybridized carbons (Fsp3) is 0.636. The molecule has 0 saturated heterocycles. The van der Waals surface area contributed by atoms with Gasteiger partial charge in [0, 0.05) is 6.54 Å². The first-order valence-electron chi connectivity index (χ1n) is 6.59. The molecule has 0 aromatic carbocycles. The molecule has 1 aromatic heterocycles. The van der Waals surface area contributed by atoms with Crippen LogP contribution in [-0.4, -0.2) is 51.3 Å². The zero-order chi connectivity index (χ0) is 15.7. The lowest BCUT2D eigenvalue weighted by atomic mass is 10.3. The van der Waals surface area contributed by atoms with Crippen LogP contribution in [0.2, 0.25) is 0 Å². The smallest absolute Gasteiger partial charge is 0.378 e. The number of carbonyl (C=O) groups excluding carboxylic acids is 3. The number of hydrogen-bond acceptors (Lipinski definition) is 7. The molecule has 0 atom stereocenters. The molecule has 2 N–H and O–H groups in total. The predicted octanol–water partition coefficient (Wildman–Crippen LogP) is -0.524. The molecule has 3 amide bonds. The van der Waals surface area contributed by atoms with Gasteiger partial charge in [0.15, 0.2) is 0 Å². The molecule has 0 aliphatic rings. The van der Waals surface area contributed by atoms with E-state index in [0.717, 1.165) is 17.5 Å². The minimum atomic E-state index is -0.734. The molecular formula is C11H18N6O4. The average Bonchev–Trinajstić information content (AvgIpc) is 2.87. The van der Waals surface area contributed by atoms with Gasteiger partial charge in [-0.2, -0.15) is 0 Å². The van der Waals surface area contributed by atoms with E-state index in [1.807, 2.05) is 6.92 Å². The highest BCUT2D eigenvalue weighted by molar-refractivity contribution is 5.94. The van der Waals surface area contributed by atoms with Crippen molar-refractivity contribution in [2.75, 3.05) is 13.2 Å². The van der Waals surface area contributed by atoms with Crippen LogP contribution in [0.4, 0.5) is 4.79 Å². The first kappa shape index (κ1) is 16.5. The van der Waals surface area contributed by atoms with E-state index in [0.29, 0.717) is 6.54 Å². The highest BCUT2D eigenvalue weighted by Crippen LogP contribution is 1.95. The van der Waals surface area contributed by atoms with E-state index in [1.165, 1.54) is 0 Å². The second kappa shape index (κ2) is 8.61. The number of esters is 1. The van der Waals surface area contributed by atoms with Crippen molar-refractivity contribution in [1.29, 1.82) is 0 Å². The highest BCUT2D eigenvalue weighted by Gasteiger charge is 2.19. The van der Waals surface area contributed by atoms with E-state index in [1.54, 1.807) is 6.92 Å². The van der Waals surface area contributed by atoms with Crippen molar-refractivity contribution >= 4 is 17.9 Å². The fourth-order valence-corrected chi connectivity index (χ4v) is 1.38. The minimum Gasteiger partial charge on any atom is -0.460 e. The van der Waals surface area contributed by atoms with E-state index in [2.05, 4.69) is 26.2 Å². The summed E-state index contributed by atoms with van der Waals surface area (Å²) in [6.45, 7) is 3.91. The predicted molar refractivity (Wildman–Crippen MR) is 70.2 cm³/mol. The maximum atomic E-state index is 11.6. The normalized spacial score (nSPS) is 10.0. The highest BCUT2D eigenvalue weighted by atomic mass is 16.5. The summed E-state index contributed by atoms with van der Waals surface area (Å²) in [6, 6.07) is -0.598. The van der Waals surface area contributed by atoms with Crippen LogP contribution in [0.25, 0.3) is 0 Å². The summed E-state index contributed by atoms with van der Waals surface area (Å²) in [5, 5.41) is 14.9. The van der Waals surface area contributed by atoms with Crippen molar-refractivity contribution in [3.8, 4) is 0 Å². The summed E-state index contributed by atoms with van der Waals surface area (Å²) >= 11 is 0. The SMILES string of the molecule is CCCCNC(=O)NC(=O)Cn1nnnc1C(=O)OCC. The molecule has 1 aromatic rings. The molecule has 21 heavy (non-hydrogen) atoms. The Bertz CT molecular complexity index is 501. The molecule has 0 saturated carbocycles. The third-order valence-corrected chi connectivity index (χ3v) is 2.35. The Balaban J connectivity index is 2.50. The first-order valence-corrected chi connectivity index (χ1v) is 6.59. The van der Waals surface area contributed by atoms with E-state index >= 15 is 0 Å². The molecule has 0 spiro atoms. The summed E-state index contributed by atoms with van der Waals surface area (Å²) in [6.07, 6.45) is 1.75. The number of ether oxygens (including phenoxy) is 1. The van der Waals surface area contributed by atoms with E-state index < -0.39 is 17.9 Å². The molecule has 1 heterocycles. The lowest BCUT2D eigenvalue weighted by Crippen LogP contribution is -2.41. The molecule has 1 rings (SSSR count). The molecule has 0 fully saturated rings. The van der Waals surface area contributed by atoms with Gasteiger partial charge in [-0.25, -0.2) is 14.3 Å². The monoisotopic (exact) mass is 298 g/mol. The lowest BCUT2D eigenvalue weighted by Gasteiger charge is -2.06. The van der Waals surface area contributed by atoms with Crippen molar-refractivity contribution in [2.24, 2.45) is 0 Å². The third-order valence-electron chi connectivity index (χ3n) is 2.35. The van der Waals surface area contributed by atoms with Crippen LogP contribution in [-0.2, 0) is 16.1 Å². The maximum Gasteiger partial charge on any atom is 0.378 e. The number of carbonyl (C=O) groups is 3. The van der Waals surface area contributed by atoms with Crippen molar-refractivity contribution in [3.63, 3.8) is 0 Å². The number of nitrogens with one attached hydrogen (secondary N) is 2. The van der Waals surface area contributed by atoms with Gasteiger partial charge in [-0.1, -0.05) is 13.3 Å². The van der Waals surface area contributed by atoms with Crippen molar-refractivity contribution < 1.29 is 19.1 Å². The zero-order valence-corrected chi connectivity index (χ0v) is 12.0. The summed E-state index contributed by atoms with van der Waals surface area (Å²) in [7, 11) is 0. The number of nitrogens with zero attached hydrogens (tertiary/aromatic N) is 4. The Kier molecular flexibility index (Phi) is 6.78. The lowest BCUT2D eigenvalue weighted by molar-refractivity contribution is -0.120. The van der Waals surface area contributed by atoms with Gasteiger partial charge in [0.25, 0.3) is 5.82 Å². The van der Waals surface area contributed by atoms with Crippen molar-refractivity contribution in [2.45, 2.75) is 33.2 Å². The Morgan fingerprint density at radius 3 is 2.71 bits per heavy atom. The summed E-state index contributed by atoms with van der Waals surface area (Å²) in [5.41, 5.74) is 0. The quantitative estimate of drug-likeness (QED) is 0.511. The van der Waals surface area contributed by atoms with Crippen LogP contribution in [0.15, 0.2) is 0 Å². The third kappa shape index (κ3) is 5.55. The van der Waals surface area contributed by atoms with Gasteiger partial charge in [0.2, 0.25) is 5.91 Å². The second-order valence-electron chi connectivity index (χ2n) is 4.04. The molecule has 0 unspecified atom stereocenters.